The van der Waals surface area contributed by atoms with Crippen molar-refractivity contribution in [3.63, 3.8) is 0 Å². The minimum absolute atomic E-state index is 0.145. The van der Waals surface area contributed by atoms with Gasteiger partial charge < -0.3 is 0 Å². The summed E-state index contributed by atoms with van der Waals surface area (Å²) in [6, 6.07) is 39.4. The summed E-state index contributed by atoms with van der Waals surface area (Å²) in [4.78, 5) is 0. The zero-order valence-corrected chi connectivity index (χ0v) is 32.6. The highest BCUT2D eigenvalue weighted by molar-refractivity contribution is 7.25. The molecular formula is C48H49N2S+. The first-order valence-electron chi connectivity index (χ1n) is 18.5. The maximum absolute atomic E-state index is 2.61. The van der Waals surface area contributed by atoms with Crippen LogP contribution in [0.2, 0.25) is 0 Å². The topological polar surface area (TPSA) is 8.81 Å². The first kappa shape index (κ1) is 33.4. The molecule has 6 aromatic carbocycles. The highest BCUT2D eigenvalue weighted by atomic mass is 32.1. The van der Waals surface area contributed by atoms with Crippen LogP contribution in [0.25, 0.3) is 70.2 Å². The third-order valence-corrected chi connectivity index (χ3v) is 12.0. The van der Waals surface area contributed by atoms with Gasteiger partial charge in [0.2, 0.25) is 0 Å². The second kappa shape index (κ2) is 12.2. The van der Waals surface area contributed by atoms with Crippen molar-refractivity contribution in [2.24, 2.45) is 7.05 Å². The largest absolute Gasteiger partial charge is 0.295 e. The van der Waals surface area contributed by atoms with Gasteiger partial charge in [0, 0.05) is 31.3 Å². The molecule has 256 valence electrons. The van der Waals surface area contributed by atoms with Crippen LogP contribution >= 0.6 is 11.3 Å². The smallest absolute Gasteiger partial charge is 0.225 e. The van der Waals surface area contributed by atoms with Crippen LogP contribution in [0.4, 0.5) is 0 Å². The molecule has 0 aliphatic heterocycles. The number of imidazole rings is 1. The average molecular weight is 686 g/mol. The summed E-state index contributed by atoms with van der Waals surface area (Å²) in [5.74, 6) is 1.92. The lowest BCUT2D eigenvalue weighted by Gasteiger charge is -2.21. The van der Waals surface area contributed by atoms with Crippen molar-refractivity contribution in [3.8, 4) is 28.2 Å². The summed E-state index contributed by atoms with van der Waals surface area (Å²) >= 11 is 1.91. The van der Waals surface area contributed by atoms with E-state index < -0.39 is 0 Å². The van der Waals surface area contributed by atoms with Crippen molar-refractivity contribution in [1.82, 2.24) is 4.57 Å². The Bertz CT molecular complexity index is 2640. The van der Waals surface area contributed by atoms with E-state index in [9.17, 15) is 0 Å². The van der Waals surface area contributed by atoms with E-state index in [4.69, 9.17) is 0 Å². The van der Waals surface area contributed by atoms with E-state index in [1.54, 1.807) is 0 Å². The molecule has 2 nitrogen and oxygen atoms in total. The summed E-state index contributed by atoms with van der Waals surface area (Å²) in [5.41, 5.74) is 14.5. The molecule has 0 spiro atoms. The zero-order valence-electron chi connectivity index (χ0n) is 31.8. The highest BCUT2D eigenvalue weighted by Gasteiger charge is 2.33. The fourth-order valence-electron chi connectivity index (χ4n) is 8.17. The standard InChI is InChI=1S/C48H49N2S/c1-28(2)38-25-34-13-11-12-14-36(34)45(29(3)4)46(38)50-41-22-15-30(5)23-42(41)49(10)47(50)39-27-40-37-21-18-33(26-44(37)51-43(40)24-31(39)6)32-16-19-35(20-17-32)48(7,8)9/h11-29H,1-10H3/q+1. The molecule has 0 N–H and O–H groups in total. The quantitative estimate of drug-likeness (QED) is 0.159. The van der Waals surface area contributed by atoms with E-state index in [1.165, 1.54) is 98.0 Å². The minimum Gasteiger partial charge on any atom is -0.225 e. The molecule has 8 aromatic rings. The van der Waals surface area contributed by atoms with Crippen LogP contribution in [0.1, 0.15) is 88.1 Å². The van der Waals surface area contributed by atoms with E-state index in [2.05, 4.69) is 182 Å². The van der Waals surface area contributed by atoms with E-state index in [0.29, 0.717) is 11.8 Å². The summed E-state index contributed by atoms with van der Waals surface area (Å²) in [6.07, 6.45) is 0. The third kappa shape index (κ3) is 5.49. The van der Waals surface area contributed by atoms with Crippen LogP contribution in [0.15, 0.2) is 103 Å². The molecule has 0 atom stereocenters. The predicted molar refractivity (Wildman–Crippen MR) is 222 cm³/mol. The maximum Gasteiger partial charge on any atom is 0.295 e. The number of hydrogen-bond acceptors (Lipinski definition) is 1. The SMILES string of the molecule is Cc1ccc2c(c1)[n+](C)c(-c1cc3c(cc1C)sc1cc(-c4ccc(C(C)(C)C)cc4)ccc13)n2-c1c(C(C)C)cc2ccccc2c1C(C)C. The molecule has 0 saturated heterocycles. The number of aromatic nitrogens is 2. The van der Waals surface area contributed by atoms with Gasteiger partial charge in [0.05, 0.1) is 12.6 Å². The Labute approximate surface area is 307 Å². The number of thiophene rings is 1. The molecule has 0 bridgehead atoms. The number of fused-ring (bicyclic) bond motifs is 5. The normalized spacial score (nSPS) is 12.5. The third-order valence-electron chi connectivity index (χ3n) is 10.9. The number of benzene rings is 6. The predicted octanol–water partition coefficient (Wildman–Crippen LogP) is 13.5. The fraction of sp³-hybridized carbons (Fsp3) is 0.271. The average Bonchev–Trinajstić information content (AvgIpc) is 3.59. The Morgan fingerprint density at radius 3 is 2.08 bits per heavy atom. The molecule has 0 aliphatic carbocycles. The monoisotopic (exact) mass is 685 g/mol. The van der Waals surface area contributed by atoms with Crippen LogP contribution in [0.5, 0.6) is 0 Å². The summed E-state index contributed by atoms with van der Waals surface area (Å²) in [5, 5.41) is 5.31. The van der Waals surface area contributed by atoms with Crippen LogP contribution in [0, 0.1) is 13.8 Å². The molecule has 2 heterocycles. The van der Waals surface area contributed by atoms with E-state index >= 15 is 0 Å². The fourth-order valence-corrected chi connectivity index (χ4v) is 9.39. The van der Waals surface area contributed by atoms with Gasteiger partial charge in [-0.3, -0.25) is 0 Å². The van der Waals surface area contributed by atoms with Gasteiger partial charge in [0.25, 0.3) is 5.82 Å². The van der Waals surface area contributed by atoms with Crippen molar-refractivity contribution in [3.05, 3.63) is 131 Å². The molecule has 2 aromatic heterocycles. The lowest BCUT2D eigenvalue weighted by Crippen LogP contribution is -2.30. The molecule has 51 heavy (non-hydrogen) atoms. The Morgan fingerprint density at radius 2 is 1.37 bits per heavy atom. The molecule has 3 heteroatoms. The minimum atomic E-state index is 0.145. The highest BCUT2D eigenvalue weighted by Crippen LogP contribution is 2.44. The number of aryl methyl sites for hydroxylation is 3. The van der Waals surface area contributed by atoms with Gasteiger partial charge in [0.1, 0.15) is 5.69 Å². The molecule has 0 fully saturated rings. The van der Waals surface area contributed by atoms with Crippen LogP contribution in [-0.4, -0.2) is 4.57 Å². The number of hydrogen-bond donors (Lipinski definition) is 0. The molecule has 0 saturated carbocycles. The summed E-state index contributed by atoms with van der Waals surface area (Å²) < 4.78 is 7.71. The summed E-state index contributed by atoms with van der Waals surface area (Å²) in [6.45, 7) is 20.7. The van der Waals surface area contributed by atoms with Crippen molar-refractivity contribution in [2.45, 2.75) is 79.6 Å². The Hall–Kier alpha value is -4.73. The van der Waals surface area contributed by atoms with Gasteiger partial charge in [-0.2, -0.15) is 4.57 Å². The van der Waals surface area contributed by atoms with Gasteiger partial charge in [0.15, 0.2) is 11.0 Å². The maximum atomic E-state index is 2.61. The molecule has 0 aliphatic rings. The van der Waals surface area contributed by atoms with E-state index in [-0.39, 0.29) is 5.41 Å². The van der Waals surface area contributed by atoms with Gasteiger partial charge in [-0.15, -0.1) is 11.3 Å². The first-order valence-corrected chi connectivity index (χ1v) is 19.3. The molecule has 0 radical (unpaired) electrons. The first-order chi connectivity index (χ1) is 24.3. The second-order valence-corrected chi connectivity index (χ2v) is 17.4. The lowest BCUT2D eigenvalue weighted by atomic mass is 9.86. The van der Waals surface area contributed by atoms with Crippen molar-refractivity contribution >= 4 is 53.3 Å². The molecule has 8 rings (SSSR count). The molecular weight excluding hydrogens is 637 g/mol. The van der Waals surface area contributed by atoms with Crippen molar-refractivity contribution in [1.29, 1.82) is 0 Å². The van der Waals surface area contributed by atoms with Gasteiger partial charge in [-0.25, -0.2) is 4.57 Å². The Morgan fingerprint density at radius 1 is 0.667 bits per heavy atom. The summed E-state index contributed by atoms with van der Waals surface area (Å²) in [7, 11) is 2.26. The molecule has 0 amide bonds. The van der Waals surface area contributed by atoms with Gasteiger partial charge >= 0.3 is 0 Å². The van der Waals surface area contributed by atoms with E-state index in [1.807, 2.05) is 11.3 Å². The van der Waals surface area contributed by atoms with Crippen LogP contribution in [0.3, 0.4) is 0 Å². The van der Waals surface area contributed by atoms with Crippen molar-refractivity contribution in [2.75, 3.05) is 0 Å². The Kier molecular flexibility index (Phi) is 8.00. The number of rotatable bonds is 5. The lowest BCUT2D eigenvalue weighted by molar-refractivity contribution is -0.633. The van der Waals surface area contributed by atoms with Gasteiger partial charge in [-0.05, 0) is 106 Å². The Balaban J connectivity index is 1.40. The second-order valence-electron chi connectivity index (χ2n) is 16.3. The van der Waals surface area contributed by atoms with E-state index in [0.717, 1.165) is 0 Å². The number of nitrogens with zero attached hydrogens (tertiary/aromatic N) is 2. The van der Waals surface area contributed by atoms with Crippen LogP contribution in [-0.2, 0) is 12.5 Å². The molecule has 0 unspecified atom stereocenters. The van der Waals surface area contributed by atoms with Gasteiger partial charge in [-0.1, -0.05) is 115 Å². The van der Waals surface area contributed by atoms with Crippen molar-refractivity contribution < 1.29 is 4.57 Å². The zero-order chi connectivity index (χ0) is 35.9. The van der Waals surface area contributed by atoms with Crippen LogP contribution < -0.4 is 4.57 Å².